The number of halogens is 6. The number of ether oxygens (including phenoxy) is 2. The molecular weight excluding hydrogens is 694 g/mol. The van der Waals surface area contributed by atoms with E-state index >= 15 is 0 Å². The average Bonchev–Trinajstić information content (AvgIpc) is 3.14. The lowest BCUT2D eigenvalue weighted by molar-refractivity contribution is -0.174. The largest absolute Gasteiger partial charge is 0.493 e. The maximum atomic E-state index is 12.9. The molecule has 4 aromatic rings. The second-order valence-electron chi connectivity index (χ2n) is 12.5. The molecule has 2 aliphatic heterocycles. The fourth-order valence-corrected chi connectivity index (χ4v) is 6.53. The number of anilines is 1. The summed E-state index contributed by atoms with van der Waals surface area (Å²) in [5.41, 5.74) is 2.65. The van der Waals surface area contributed by atoms with Crippen LogP contribution in [0.5, 0.6) is 11.5 Å². The summed E-state index contributed by atoms with van der Waals surface area (Å²) in [5.74, 6) is -2.26. The Morgan fingerprint density at radius 2 is 1.27 bits per heavy atom. The van der Waals surface area contributed by atoms with E-state index in [0.717, 1.165) is 11.1 Å². The van der Waals surface area contributed by atoms with Crippen molar-refractivity contribution in [1.29, 1.82) is 0 Å². The minimum atomic E-state index is -4.95. The van der Waals surface area contributed by atoms with Crippen LogP contribution in [0, 0.1) is 0 Å². The Kier molecular flexibility index (Phi) is 12.1. The lowest BCUT2D eigenvalue weighted by Crippen LogP contribution is -2.53. The van der Waals surface area contributed by atoms with Crippen LogP contribution in [0.1, 0.15) is 35.8 Å². The summed E-state index contributed by atoms with van der Waals surface area (Å²) in [6.45, 7) is 1.77. The molecule has 0 saturated carbocycles. The molecule has 6 rings (SSSR count). The molecule has 2 fully saturated rings. The number of aromatic nitrogens is 2. The molecule has 10 nitrogen and oxygen atoms in total. The van der Waals surface area contributed by atoms with Crippen LogP contribution in [0.4, 0.5) is 32.2 Å². The van der Waals surface area contributed by atoms with Crippen molar-refractivity contribution in [3.05, 3.63) is 90.3 Å². The molecule has 0 unspecified atom stereocenters. The first-order valence-electron chi connectivity index (χ1n) is 16.4. The molecule has 4 atom stereocenters. The predicted octanol–water partition coefficient (Wildman–Crippen LogP) is 5.50. The Bertz CT molecular complexity index is 1810. The van der Waals surface area contributed by atoms with Gasteiger partial charge in [0.1, 0.15) is 12.1 Å². The van der Waals surface area contributed by atoms with Gasteiger partial charge in [0.05, 0.1) is 19.7 Å². The smallest absolute Gasteiger partial charge is 0.471 e. The highest BCUT2D eigenvalue weighted by atomic mass is 19.4. The van der Waals surface area contributed by atoms with Gasteiger partial charge in [-0.05, 0) is 36.0 Å². The first kappa shape index (κ1) is 38.1. The van der Waals surface area contributed by atoms with E-state index in [2.05, 4.69) is 20.6 Å². The van der Waals surface area contributed by atoms with E-state index in [4.69, 9.17) is 9.47 Å². The third kappa shape index (κ3) is 9.60. The Morgan fingerprint density at radius 3 is 1.85 bits per heavy atom. The highest BCUT2D eigenvalue weighted by Gasteiger charge is 2.42. The number of methoxy groups -OCH3 is 2. The number of nitrogens with one attached hydrogen (secondary N) is 3. The molecule has 3 N–H and O–H groups in total. The molecular formula is C36H38F6N6O4. The van der Waals surface area contributed by atoms with E-state index in [1.54, 1.807) is 12.1 Å². The van der Waals surface area contributed by atoms with Gasteiger partial charge in [0.25, 0.3) is 0 Å². The third-order valence-electron chi connectivity index (χ3n) is 8.95. The highest BCUT2D eigenvalue weighted by Crippen LogP contribution is 2.37. The van der Waals surface area contributed by atoms with Crippen LogP contribution in [0.3, 0.4) is 0 Å². The molecule has 1 aromatic heterocycles. The normalized spacial score (nSPS) is 20.7. The van der Waals surface area contributed by atoms with Crippen molar-refractivity contribution in [3.8, 4) is 11.5 Å². The fraction of sp³-hybridized carbons (Fsp3) is 0.389. The monoisotopic (exact) mass is 732 g/mol. The van der Waals surface area contributed by atoms with Gasteiger partial charge in [0.2, 0.25) is 0 Å². The molecule has 3 aromatic carbocycles. The topological polar surface area (TPSA) is 118 Å². The van der Waals surface area contributed by atoms with Crippen molar-refractivity contribution in [2.75, 3.05) is 45.3 Å². The number of hydrogen-bond donors (Lipinski definition) is 3. The van der Waals surface area contributed by atoms with Crippen molar-refractivity contribution in [1.82, 2.24) is 25.9 Å². The Labute approximate surface area is 295 Å². The molecule has 0 radical (unpaired) electrons. The van der Waals surface area contributed by atoms with Gasteiger partial charge in [-0.2, -0.15) is 26.3 Å². The zero-order valence-corrected chi connectivity index (χ0v) is 28.3. The number of fused-ring (bicyclic) bond motifs is 1. The number of amides is 2. The molecule has 0 aliphatic carbocycles. The maximum absolute atomic E-state index is 12.9. The maximum Gasteiger partial charge on any atom is 0.471 e. The number of piperidine rings is 2. The lowest BCUT2D eigenvalue weighted by Gasteiger charge is -2.39. The minimum Gasteiger partial charge on any atom is -0.493 e. The molecule has 2 saturated heterocycles. The van der Waals surface area contributed by atoms with Crippen LogP contribution in [0.15, 0.2) is 79.1 Å². The summed E-state index contributed by atoms with van der Waals surface area (Å²) in [6, 6.07) is 21.3. The van der Waals surface area contributed by atoms with Gasteiger partial charge in [-0.1, -0.05) is 60.7 Å². The second-order valence-corrected chi connectivity index (χ2v) is 12.5. The number of alkyl halides is 6. The van der Waals surface area contributed by atoms with Gasteiger partial charge in [0.15, 0.2) is 11.5 Å². The summed E-state index contributed by atoms with van der Waals surface area (Å²) in [5, 5.41) is 7.91. The summed E-state index contributed by atoms with van der Waals surface area (Å²) in [6.07, 6.45) is -7.48. The third-order valence-corrected chi connectivity index (χ3v) is 8.95. The zero-order valence-electron chi connectivity index (χ0n) is 28.3. The molecule has 278 valence electrons. The Balaban J connectivity index is 0.000000233. The molecule has 2 amide bonds. The number of carbonyl (C=O) groups excluding carboxylic acids is 2. The number of benzene rings is 3. The zero-order chi connectivity index (χ0) is 37.5. The van der Waals surface area contributed by atoms with E-state index in [-0.39, 0.29) is 18.4 Å². The highest BCUT2D eigenvalue weighted by molar-refractivity contribution is 5.92. The molecule has 2 aliphatic rings. The molecule has 52 heavy (non-hydrogen) atoms. The molecule has 0 spiro atoms. The first-order valence-corrected chi connectivity index (χ1v) is 16.4. The molecule has 16 heteroatoms. The van der Waals surface area contributed by atoms with Crippen LogP contribution >= 0.6 is 0 Å². The van der Waals surface area contributed by atoms with Crippen LogP contribution in [-0.2, 0) is 9.59 Å². The van der Waals surface area contributed by atoms with Crippen LogP contribution in [0.2, 0.25) is 0 Å². The van der Waals surface area contributed by atoms with E-state index in [1.807, 2.05) is 70.9 Å². The fourth-order valence-electron chi connectivity index (χ4n) is 6.53. The summed E-state index contributed by atoms with van der Waals surface area (Å²) in [4.78, 5) is 33.2. The van der Waals surface area contributed by atoms with Crippen LogP contribution < -0.4 is 30.3 Å². The van der Waals surface area contributed by atoms with E-state index in [9.17, 15) is 35.9 Å². The lowest BCUT2D eigenvalue weighted by atomic mass is 9.88. The standard InChI is InChI=1S/C23H23F3N4O3.C13H15F3N2O/c1-32-19-9-17-18(10-20(19)33-2)27-13-28-21(17)30-11-15(14-6-4-3-5-7-14)8-16(12-30)29-22(31)23(24,25)26;14-13(15,16)12(19)18-11-6-10(7-17-8-11)9-4-2-1-3-5-9/h3-7,9-10,13,15-16H,8,11-12H2,1-2H3,(H,29,31);1-5,10-11,17H,6-8H2,(H,18,19)/t15-,16+;10-,11+/m11/s1. The van der Waals surface area contributed by atoms with Gasteiger partial charge in [-0.25, -0.2) is 9.97 Å². The van der Waals surface area contributed by atoms with Gasteiger partial charge >= 0.3 is 24.2 Å². The van der Waals surface area contributed by atoms with Gasteiger partial charge in [-0.3, -0.25) is 9.59 Å². The minimum absolute atomic E-state index is 0.108. The van der Waals surface area contributed by atoms with E-state index < -0.39 is 36.3 Å². The van der Waals surface area contributed by atoms with Crippen molar-refractivity contribution in [2.24, 2.45) is 0 Å². The van der Waals surface area contributed by atoms with E-state index in [1.165, 1.54) is 20.5 Å². The molecule has 3 heterocycles. The Hall–Kier alpha value is -5.12. The van der Waals surface area contributed by atoms with Gasteiger partial charge in [-0.15, -0.1) is 0 Å². The van der Waals surface area contributed by atoms with Crippen LogP contribution in [-0.4, -0.2) is 86.6 Å². The average molecular weight is 733 g/mol. The van der Waals surface area contributed by atoms with Gasteiger partial charge in [0, 0.05) is 55.6 Å². The predicted molar refractivity (Wildman–Crippen MR) is 181 cm³/mol. The van der Waals surface area contributed by atoms with Crippen molar-refractivity contribution in [2.45, 2.75) is 49.1 Å². The van der Waals surface area contributed by atoms with Crippen LogP contribution in [0.25, 0.3) is 10.9 Å². The van der Waals surface area contributed by atoms with Crippen molar-refractivity contribution < 1.29 is 45.4 Å². The number of carbonyl (C=O) groups is 2. The summed E-state index contributed by atoms with van der Waals surface area (Å²) >= 11 is 0. The number of hydrogen-bond acceptors (Lipinski definition) is 8. The van der Waals surface area contributed by atoms with Crippen molar-refractivity contribution >= 4 is 28.5 Å². The SMILES string of the molecule is COc1cc2ncnc(N3C[C@@H](NC(=O)C(F)(F)F)C[C@@H](c4ccccc4)C3)c2cc1OC.O=C(N[C@@H]1CNC[C@H](c2ccccc2)C1)C(F)(F)F. The first-order chi connectivity index (χ1) is 24.8. The number of rotatable bonds is 7. The summed E-state index contributed by atoms with van der Waals surface area (Å²) in [7, 11) is 3.04. The number of nitrogens with zero attached hydrogens (tertiary/aromatic N) is 3. The van der Waals surface area contributed by atoms with Gasteiger partial charge < -0.3 is 30.3 Å². The van der Waals surface area contributed by atoms with Crippen molar-refractivity contribution in [3.63, 3.8) is 0 Å². The quantitative estimate of drug-likeness (QED) is 0.214. The van der Waals surface area contributed by atoms with E-state index in [0.29, 0.717) is 60.7 Å². The Morgan fingerprint density at radius 1 is 0.731 bits per heavy atom. The second kappa shape index (κ2) is 16.5. The molecule has 0 bridgehead atoms. The summed E-state index contributed by atoms with van der Waals surface area (Å²) < 4.78 is 86.1.